The summed E-state index contributed by atoms with van der Waals surface area (Å²) >= 11 is 1.40. The van der Waals surface area contributed by atoms with Gasteiger partial charge in [-0.05, 0) is 80.5 Å². The van der Waals surface area contributed by atoms with Crippen LogP contribution in [-0.2, 0) is 10.2 Å². The Bertz CT molecular complexity index is 1460. The zero-order chi connectivity index (χ0) is 26.4. The second-order valence-corrected chi connectivity index (χ2v) is 11.6. The van der Waals surface area contributed by atoms with Crippen LogP contribution in [0.1, 0.15) is 49.3 Å². The number of anilines is 1. The summed E-state index contributed by atoms with van der Waals surface area (Å²) in [6.45, 7) is 0. The molecule has 0 radical (unpaired) electrons. The summed E-state index contributed by atoms with van der Waals surface area (Å²) < 4.78 is 10.8. The number of methoxy groups -OCH3 is 1. The maximum Gasteiger partial charge on any atom is 0.284 e. The zero-order valence-corrected chi connectivity index (χ0v) is 21.5. The molecule has 7 rings (SSSR count). The van der Waals surface area contributed by atoms with E-state index in [1.54, 1.807) is 18.2 Å². The molecule has 0 saturated heterocycles. The molecule has 10 nitrogen and oxygen atoms in total. The van der Waals surface area contributed by atoms with Crippen LogP contribution in [0.2, 0.25) is 0 Å². The van der Waals surface area contributed by atoms with Crippen molar-refractivity contribution in [3.05, 3.63) is 56.8 Å². The molecule has 0 spiro atoms. The fourth-order valence-corrected chi connectivity index (χ4v) is 7.85. The quantitative estimate of drug-likeness (QED) is 0.176. The number of hydrogen-bond donors (Lipinski definition) is 1. The summed E-state index contributed by atoms with van der Waals surface area (Å²) in [5.74, 6) is 2.49. The van der Waals surface area contributed by atoms with E-state index in [2.05, 4.69) is 15.5 Å². The van der Waals surface area contributed by atoms with Crippen LogP contribution in [0.3, 0.4) is 0 Å². The van der Waals surface area contributed by atoms with E-state index in [0.717, 1.165) is 42.0 Å². The normalized spacial score (nSPS) is 25.7. The van der Waals surface area contributed by atoms with Gasteiger partial charge in [-0.25, -0.2) is 0 Å². The highest BCUT2D eigenvalue weighted by Crippen LogP contribution is 2.61. The van der Waals surface area contributed by atoms with Gasteiger partial charge >= 0.3 is 0 Å². The predicted molar refractivity (Wildman–Crippen MR) is 139 cm³/mol. The van der Waals surface area contributed by atoms with Crippen LogP contribution in [0.4, 0.5) is 10.8 Å². The lowest BCUT2D eigenvalue weighted by atomic mass is 9.50. The lowest BCUT2D eigenvalue weighted by molar-refractivity contribution is -0.384. The number of benzene rings is 1. The van der Waals surface area contributed by atoms with Crippen molar-refractivity contribution < 1.29 is 18.9 Å². The maximum atomic E-state index is 12.9. The third kappa shape index (κ3) is 4.35. The van der Waals surface area contributed by atoms with E-state index in [0.29, 0.717) is 10.9 Å². The van der Waals surface area contributed by atoms with Gasteiger partial charge in [-0.2, -0.15) is 5.26 Å². The summed E-state index contributed by atoms with van der Waals surface area (Å²) in [6, 6.07) is 9.42. The molecule has 4 fully saturated rings. The maximum absolute atomic E-state index is 12.9. The summed E-state index contributed by atoms with van der Waals surface area (Å²) in [5, 5.41) is 33.9. The van der Waals surface area contributed by atoms with Crippen molar-refractivity contribution in [1.29, 1.82) is 5.26 Å². The fourth-order valence-electron chi connectivity index (χ4n) is 6.89. The van der Waals surface area contributed by atoms with Crippen LogP contribution in [-0.4, -0.2) is 28.1 Å². The highest BCUT2D eigenvalue weighted by Gasteiger charge is 2.53. The SMILES string of the molecule is COc1ccc(-c2ccc(/C=C(/C#N)C(=O)Nc3nnc(C45CC6CC(CC(C6)C4)C5)s3)o2)c([N+](=O)[O-])c1. The Labute approximate surface area is 222 Å². The number of carbonyl (C=O) groups excluding carboxylic acids is 1. The molecule has 1 aromatic carbocycles. The number of nitro groups is 1. The van der Waals surface area contributed by atoms with Gasteiger partial charge in [0.25, 0.3) is 11.6 Å². The average Bonchev–Trinajstić information content (AvgIpc) is 3.56. The van der Waals surface area contributed by atoms with Gasteiger partial charge in [0.1, 0.15) is 33.9 Å². The van der Waals surface area contributed by atoms with Crippen molar-refractivity contribution in [1.82, 2.24) is 10.2 Å². The van der Waals surface area contributed by atoms with E-state index < -0.39 is 10.8 Å². The summed E-state index contributed by atoms with van der Waals surface area (Å²) in [7, 11) is 1.43. The number of nitriles is 1. The summed E-state index contributed by atoms with van der Waals surface area (Å²) in [4.78, 5) is 23.9. The molecule has 1 amide bonds. The predicted octanol–water partition coefficient (Wildman–Crippen LogP) is 5.73. The molecule has 38 heavy (non-hydrogen) atoms. The first-order chi connectivity index (χ1) is 18.4. The molecule has 0 atom stereocenters. The Morgan fingerprint density at radius 1 is 1.21 bits per heavy atom. The third-order valence-corrected chi connectivity index (χ3v) is 9.17. The highest BCUT2D eigenvalue weighted by molar-refractivity contribution is 7.15. The van der Waals surface area contributed by atoms with Gasteiger partial charge in [0.15, 0.2) is 0 Å². The monoisotopic (exact) mass is 531 g/mol. The van der Waals surface area contributed by atoms with Crippen molar-refractivity contribution in [3.8, 4) is 23.1 Å². The largest absolute Gasteiger partial charge is 0.497 e. The second-order valence-electron chi connectivity index (χ2n) is 10.6. The Balaban J connectivity index is 1.19. The van der Waals surface area contributed by atoms with Crippen LogP contribution < -0.4 is 10.1 Å². The van der Waals surface area contributed by atoms with Crippen molar-refractivity contribution >= 4 is 34.1 Å². The Hall–Kier alpha value is -4.04. The van der Waals surface area contributed by atoms with E-state index in [9.17, 15) is 20.2 Å². The number of rotatable bonds is 7. The molecular formula is C27H25N5O5S. The number of hydrogen-bond acceptors (Lipinski definition) is 9. The smallest absolute Gasteiger partial charge is 0.284 e. The van der Waals surface area contributed by atoms with Gasteiger partial charge < -0.3 is 9.15 Å². The van der Waals surface area contributed by atoms with Crippen molar-refractivity contribution in [2.75, 3.05) is 12.4 Å². The number of furan rings is 1. The van der Waals surface area contributed by atoms with Crippen LogP contribution in [0.25, 0.3) is 17.4 Å². The molecule has 4 aliphatic carbocycles. The molecule has 194 valence electrons. The lowest BCUT2D eigenvalue weighted by Crippen LogP contribution is -2.48. The minimum Gasteiger partial charge on any atom is -0.497 e. The molecule has 4 aliphatic rings. The highest BCUT2D eigenvalue weighted by atomic mass is 32.1. The van der Waals surface area contributed by atoms with Gasteiger partial charge in [0.05, 0.1) is 23.7 Å². The Morgan fingerprint density at radius 3 is 2.55 bits per heavy atom. The standard InChI is InChI=1S/C27H25N5O5S/c1-36-19-2-4-21(22(10-19)32(34)35)23-5-3-20(37-23)9-18(14-28)24(33)29-26-31-30-25(38-26)27-11-15-6-16(12-27)8-17(7-15)13-27/h2-5,9-10,15-17H,6-8,11-13H2,1H3,(H,29,31,33)/b18-9-. The summed E-state index contributed by atoms with van der Waals surface area (Å²) in [6.07, 6.45) is 8.75. The first-order valence-electron chi connectivity index (χ1n) is 12.6. The van der Waals surface area contributed by atoms with Crippen molar-refractivity contribution in [3.63, 3.8) is 0 Å². The molecule has 2 heterocycles. The average molecular weight is 532 g/mol. The number of amides is 1. The van der Waals surface area contributed by atoms with Crippen LogP contribution >= 0.6 is 11.3 Å². The molecule has 2 aromatic heterocycles. The van der Waals surface area contributed by atoms with Gasteiger partial charge in [-0.3, -0.25) is 20.2 Å². The van der Waals surface area contributed by atoms with Gasteiger partial charge in [-0.1, -0.05) is 11.3 Å². The molecule has 4 saturated carbocycles. The summed E-state index contributed by atoms with van der Waals surface area (Å²) in [5.41, 5.74) is -0.0254. The minimum atomic E-state index is -0.617. The third-order valence-electron chi connectivity index (χ3n) is 8.08. The zero-order valence-electron chi connectivity index (χ0n) is 20.7. The number of nitrogens with one attached hydrogen (secondary N) is 1. The van der Waals surface area contributed by atoms with Crippen LogP contribution in [0, 0.1) is 39.2 Å². The Kier molecular flexibility index (Phi) is 5.99. The first-order valence-corrected chi connectivity index (χ1v) is 13.4. The van der Waals surface area contributed by atoms with E-state index in [4.69, 9.17) is 9.15 Å². The number of ether oxygens (including phenoxy) is 1. The molecular weight excluding hydrogens is 506 g/mol. The second kappa shape index (κ2) is 9.36. The van der Waals surface area contributed by atoms with Crippen molar-refractivity contribution in [2.45, 2.75) is 43.9 Å². The van der Waals surface area contributed by atoms with E-state index in [1.807, 2.05) is 6.07 Å². The van der Waals surface area contributed by atoms with Crippen LogP contribution in [0.15, 0.2) is 40.3 Å². The van der Waals surface area contributed by atoms with E-state index in [1.165, 1.54) is 55.9 Å². The van der Waals surface area contributed by atoms with Gasteiger partial charge in [-0.15, -0.1) is 10.2 Å². The molecule has 0 aliphatic heterocycles. The molecule has 0 unspecified atom stereocenters. The van der Waals surface area contributed by atoms with E-state index in [-0.39, 0.29) is 33.8 Å². The van der Waals surface area contributed by atoms with Crippen molar-refractivity contribution in [2.24, 2.45) is 17.8 Å². The molecule has 1 N–H and O–H groups in total. The first kappa shape index (κ1) is 24.3. The number of nitro benzene ring substituents is 1. The number of aromatic nitrogens is 2. The number of carbonyl (C=O) groups is 1. The minimum absolute atomic E-state index is 0.0813. The Morgan fingerprint density at radius 2 is 1.92 bits per heavy atom. The van der Waals surface area contributed by atoms with Gasteiger partial charge in [0, 0.05) is 11.5 Å². The molecule has 4 bridgehead atoms. The fraction of sp³-hybridized carbons (Fsp3) is 0.407. The lowest BCUT2D eigenvalue weighted by Gasteiger charge is -2.55. The van der Waals surface area contributed by atoms with Crippen LogP contribution in [0.5, 0.6) is 5.75 Å². The van der Waals surface area contributed by atoms with Gasteiger partial charge in [0.2, 0.25) is 5.13 Å². The number of nitrogens with zero attached hydrogens (tertiary/aromatic N) is 4. The molecule has 11 heteroatoms. The van der Waals surface area contributed by atoms with E-state index >= 15 is 0 Å². The molecule has 3 aromatic rings. The topological polar surface area (TPSA) is 144 Å².